The van der Waals surface area contributed by atoms with E-state index in [1.807, 2.05) is 0 Å². The molecular formula is C13H17F2NO2. The van der Waals surface area contributed by atoms with E-state index in [1.54, 1.807) is 20.8 Å². The van der Waals surface area contributed by atoms with Crippen molar-refractivity contribution in [2.75, 3.05) is 6.54 Å². The summed E-state index contributed by atoms with van der Waals surface area (Å²) in [5, 5.41) is 2.65. The first-order valence-corrected chi connectivity index (χ1v) is 5.65. The summed E-state index contributed by atoms with van der Waals surface area (Å²) < 4.78 is 31.5. The van der Waals surface area contributed by atoms with E-state index < -0.39 is 23.2 Å². The normalized spacial score (nSPS) is 11.4. The molecule has 0 amide bonds. The van der Waals surface area contributed by atoms with Crippen LogP contribution in [0.25, 0.3) is 0 Å². The Labute approximate surface area is 105 Å². The van der Waals surface area contributed by atoms with Gasteiger partial charge in [0.25, 0.3) is 0 Å². The van der Waals surface area contributed by atoms with Gasteiger partial charge in [-0.25, -0.2) is 8.78 Å². The van der Waals surface area contributed by atoms with Gasteiger partial charge in [-0.05, 0) is 32.9 Å². The molecular weight excluding hydrogens is 240 g/mol. The van der Waals surface area contributed by atoms with E-state index in [1.165, 1.54) is 18.2 Å². The molecule has 0 aliphatic heterocycles. The lowest BCUT2D eigenvalue weighted by molar-refractivity contribution is -0.153. The Bertz CT molecular complexity index is 407. The van der Waals surface area contributed by atoms with E-state index in [2.05, 4.69) is 5.32 Å². The molecule has 3 nitrogen and oxygen atoms in total. The number of esters is 1. The number of rotatable bonds is 4. The van der Waals surface area contributed by atoms with Crippen LogP contribution in [-0.4, -0.2) is 18.1 Å². The van der Waals surface area contributed by atoms with Crippen LogP contribution in [0.4, 0.5) is 8.78 Å². The summed E-state index contributed by atoms with van der Waals surface area (Å²) in [6, 6.07) is 3.64. The largest absolute Gasteiger partial charge is 0.459 e. The van der Waals surface area contributed by atoms with Crippen LogP contribution in [0.2, 0.25) is 0 Å². The number of ether oxygens (including phenoxy) is 1. The molecule has 18 heavy (non-hydrogen) atoms. The fourth-order valence-electron chi connectivity index (χ4n) is 1.37. The number of hydrogen-bond donors (Lipinski definition) is 1. The van der Waals surface area contributed by atoms with Crippen molar-refractivity contribution in [3.63, 3.8) is 0 Å². The lowest BCUT2D eigenvalue weighted by Gasteiger charge is -2.19. The van der Waals surface area contributed by atoms with Gasteiger partial charge in [0.05, 0.1) is 6.54 Å². The first-order valence-electron chi connectivity index (χ1n) is 5.65. The van der Waals surface area contributed by atoms with Crippen LogP contribution in [0, 0.1) is 11.6 Å². The number of carbonyl (C=O) groups excluding carboxylic acids is 1. The highest BCUT2D eigenvalue weighted by Gasteiger charge is 2.16. The molecule has 0 radical (unpaired) electrons. The van der Waals surface area contributed by atoms with Crippen LogP contribution < -0.4 is 5.32 Å². The van der Waals surface area contributed by atoms with Gasteiger partial charge < -0.3 is 10.1 Å². The molecule has 1 aromatic carbocycles. The van der Waals surface area contributed by atoms with Gasteiger partial charge in [0.2, 0.25) is 0 Å². The van der Waals surface area contributed by atoms with Crippen molar-refractivity contribution in [2.24, 2.45) is 0 Å². The van der Waals surface area contributed by atoms with E-state index in [9.17, 15) is 13.6 Å². The molecule has 0 bridgehead atoms. The van der Waals surface area contributed by atoms with Gasteiger partial charge in [-0.3, -0.25) is 4.79 Å². The first kappa shape index (κ1) is 14.6. The average molecular weight is 257 g/mol. The molecule has 0 aliphatic carbocycles. The smallest absolute Gasteiger partial charge is 0.320 e. The molecule has 5 heteroatoms. The second-order valence-corrected chi connectivity index (χ2v) is 4.89. The summed E-state index contributed by atoms with van der Waals surface area (Å²) in [6.45, 7) is 5.10. The summed E-state index contributed by atoms with van der Waals surface area (Å²) in [5.41, 5.74) is -0.650. The van der Waals surface area contributed by atoms with E-state index in [0.29, 0.717) is 0 Å². The van der Waals surface area contributed by atoms with Gasteiger partial charge in [-0.15, -0.1) is 0 Å². The molecule has 0 aliphatic rings. The molecule has 0 heterocycles. The Morgan fingerprint density at radius 3 is 2.33 bits per heavy atom. The highest BCUT2D eigenvalue weighted by molar-refractivity contribution is 5.72. The second kappa shape index (κ2) is 5.91. The topological polar surface area (TPSA) is 38.3 Å². The zero-order chi connectivity index (χ0) is 13.8. The van der Waals surface area contributed by atoms with Crippen molar-refractivity contribution in [3.8, 4) is 0 Å². The SMILES string of the molecule is CC(C)(C)OC(=O)CNCc1c(F)cccc1F. The van der Waals surface area contributed by atoms with E-state index >= 15 is 0 Å². The maximum atomic E-state index is 13.2. The number of halogens is 2. The monoisotopic (exact) mass is 257 g/mol. The highest BCUT2D eigenvalue weighted by Crippen LogP contribution is 2.11. The van der Waals surface area contributed by atoms with E-state index in [4.69, 9.17) is 4.74 Å². The minimum atomic E-state index is -0.633. The molecule has 100 valence electrons. The third-order valence-corrected chi connectivity index (χ3v) is 2.05. The lowest BCUT2D eigenvalue weighted by Crippen LogP contribution is -2.31. The van der Waals surface area contributed by atoms with Crippen molar-refractivity contribution in [2.45, 2.75) is 32.9 Å². The van der Waals surface area contributed by atoms with Crippen LogP contribution in [-0.2, 0) is 16.1 Å². The van der Waals surface area contributed by atoms with Crippen LogP contribution in [0.3, 0.4) is 0 Å². The predicted octanol–water partition coefficient (Wildman–Crippen LogP) is 2.40. The molecule has 0 spiro atoms. The number of hydrogen-bond acceptors (Lipinski definition) is 3. The standard InChI is InChI=1S/C13H17F2NO2/c1-13(2,3)18-12(17)8-16-7-9-10(14)5-4-6-11(9)15/h4-6,16H,7-8H2,1-3H3. The molecule has 0 fully saturated rings. The molecule has 0 saturated heterocycles. The van der Waals surface area contributed by atoms with E-state index in [0.717, 1.165) is 0 Å². The Morgan fingerprint density at radius 2 is 1.83 bits per heavy atom. The number of nitrogens with one attached hydrogen (secondary N) is 1. The van der Waals surface area contributed by atoms with Crippen LogP contribution in [0.15, 0.2) is 18.2 Å². The summed E-state index contributed by atoms with van der Waals surface area (Å²) >= 11 is 0. The quantitative estimate of drug-likeness (QED) is 0.842. The molecule has 1 N–H and O–H groups in total. The summed E-state index contributed by atoms with van der Waals surface area (Å²) in [7, 11) is 0. The third-order valence-electron chi connectivity index (χ3n) is 2.05. The minimum absolute atomic E-state index is 0.0578. The number of benzene rings is 1. The lowest BCUT2D eigenvalue weighted by atomic mass is 10.2. The van der Waals surface area contributed by atoms with Gasteiger partial charge in [0.1, 0.15) is 17.2 Å². The van der Waals surface area contributed by atoms with Crippen molar-refractivity contribution < 1.29 is 18.3 Å². The van der Waals surface area contributed by atoms with E-state index in [-0.39, 0.29) is 18.7 Å². The van der Waals surface area contributed by atoms with Crippen LogP contribution >= 0.6 is 0 Å². The van der Waals surface area contributed by atoms with Gasteiger partial charge in [-0.2, -0.15) is 0 Å². The maximum Gasteiger partial charge on any atom is 0.320 e. The molecule has 0 unspecified atom stereocenters. The second-order valence-electron chi connectivity index (χ2n) is 4.89. The van der Waals surface area contributed by atoms with Gasteiger partial charge >= 0.3 is 5.97 Å². The molecule has 0 saturated carbocycles. The van der Waals surface area contributed by atoms with Gasteiger partial charge in [-0.1, -0.05) is 6.07 Å². The summed E-state index contributed by atoms with van der Waals surface area (Å²) in [6.07, 6.45) is 0. The van der Waals surface area contributed by atoms with Crippen LogP contribution in [0.1, 0.15) is 26.3 Å². The van der Waals surface area contributed by atoms with Crippen molar-refractivity contribution >= 4 is 5.97 Å². The van der Waals surface area contributed by atoms with Crippen molar-refractivity contribution in [1.29, 1.82) is 0 Å². The Hall–Kier alpha value is -1.49. The summed E-state index contributed by atoms with van der Waals surface area (Å²) in [5.74, 6) is -1.72. The molecule has 1 rings (SSSR count). The van der Waals surface area contributed by atoms with Gasteiger partial charge in [0, 0.05) is 12.1 Å². The zero-order valence-electron chi connectivity index (χ0n) is 10.7. The number of carbonyl (C=O) groups is 1. The van der Waals surface area contributed by atoms with Gasteiger partial charge in [0.15, 0.2) is 0 Å². The zero-order valence-corrected chi connectivity index (χ0v) is 10.7. The molecule has 0 aromatic heterocycles. The maximum absolute atomic E-state index is 13.2. The Morgan fingerprint density at radius 1 is 1.28 bits per heavy atom. The minimum Gasteiger partial charge on any atom is -0.459 e. The third kappa shape index (κ3) is 4.79. The fraction of sp³-hybridized carbons (Fsp3) is 0.462. The van der Waals surface area contributed by atoms with Crippen molar-refractivity contribution in [1.82, 2.24) is 5.32 Å². The highest BCUT2D eigenvalue weighted by atomic mass is 19.1. The Balaban J connectivity index is 2.45. The predicted molar refractivity (Wildman–Crippen MR) is 63.9 cm³/mol. The molecule has 1 aromatic rings. The summed E-state index contributed by atoms with van der Waals surface area (Å²) in [4.78, 5) is 11.3. The Kier molecular flexibility index (Phi) is 4.78. The fourth-order valence-corrected chi connectivity index (χ4v) is 1.37. The van der Waals surface area contributed by atoms with Crippen molar-refractivity contribution in [3.05, 3.63) is 35.4 Å². The molecule has 0 atom stereocenters. The average Bonchev–Trinajstić information content (AvgIpc) is 2.19. The van der Waals surface area contributed by atoms with Crippen LogP contribution in [0.5, 0.6) is 0 Å². The first-order chi connectivity index (χ1) is 8.29.